The lowest BCUT2D eigenvalue weighted by atomic mass is 10.2. The SMILES string of the molecule is N#Cc1ccc(Oc2cnc(N)s2)cc1. The lowest BCUT2D eigenvalue weighted by Crippen LogP contribution is -1.80. The molecule has 0 aliphatic rings. The van der Waals surface area contributed by atoms with Crippen LogP contribution in [-0.4, -0.2) is 4.98 Å². The third-order valence-corrected chi connectivity index (χ3v) is 2.41. The number of aromatic nitrogens is 1. The minimum atomic E-state index is 0.471. The zero-order valence-corrected chi connectivity index (χ0v) is 8.49. The zero-order chi connectivity index (χ0) is 10.7. The normalized spacial score (nSPS) is 9.53. The third kappa shape index (κ3) is 2.24. The summed E-state index contributed by atoms with van der Waals surface area (Å²) in [6, 6.07) is 8.89. The van der Waals surface area contributed by atoms with E-state index in [0.29, 0.717) is 21.5 Å². The number of nitrogens with zero attached hydrogens (tertiary/aromatic N) is 2. The fourth-order valence-electron chi connectivity index (χ4n) is 1.03. The van der Waals surface area contributed by atoms with Gasteiger partial charge in [-0.05, 0) is 24.3 Å². The second kappa shape index (κ2) is 3.98. The van der Waals surface area contributed by atoms with E-state index in [1.807, 2.05) is 6.07 Å². The van der Waals surface area contributed by atoms with Crippen molar-refractivity contribution in [1.82, 2.24) is 4.98 Å². The van der Waals surface area contributed by atoms with Gasteiger partial charge in [-0.1, -0.05) is 11.3 Å². The Morgan fingerprint density at radius 1 is 1.33 bits per heavy atom. The van der Waals surface area contributed by atoms with E-state index < -0.39 is 0 Å². The number of nitriles is 1. The maximum atomic E-state index is 8.61. The van der Waals surface area contributed by atoms with Crippen LogP contribution in [0.15, 0.2) is 30.5 Å². The first-order valence-electron chi connectivity index (χ1n) is 4.17. The number of benzene rings is 1. The molecule has 0 bridgehead atoms. The second-order valence-corrected chi connectivity index (χ2v) is 3.78. The molecule has 0 saturated carbocycles. The molecule has 1 aromatic heterocycles. The largest absolute Gasteiger partial charge is 0.445 e. The average Bonchev–Trinajstić information content (AvgIpc) is 2.65. The Labute approximate surface area is 90.6 Å². The summed E-state index contributed by atoms with van der Waals surface area (Å²) in [7, 11) is 0. The van der Waals surface area contributed by atoms with Gasteiger partial charge >= 0.3 is 0 Å². The molecule has 0 radical (unpaired) electrons. The molecule has 1 heterocycles. The molecule has 0 spiro atoms. The van der Waals surface area contributed by atoms with Crippen molar-refractivity contribution in [2.24, 2.45) is 0 Å². The highest BCUT2D eigenvalue weighted by Crippen LogP contribution is 2.28. The van der Waals surface area contributed by atoms with E-state index in [1.165, 1.54) is 11.3 Å². The monoisotopic (exact) mass is 217 g/mol. The number of ether oxygens (including phenoxy) is 1. The minimum Gasteiger partial charge on any atom is -0.445 e. The van der Waals surface area contributed by atoms with E-state index in [2.05, 4.69) is 4.98 Å². The Kier molecular flexibility index (Phi) is 2.52. The molecule has 4 nitrogen and oxygen atoms in total. The van der Waals surface area contributed by atoms with Crippen LogP contribution in [0.1, 0.15) is 5.56 Å². The molecule has 0 aliphatic carbocycles. The third-order valence-electron chi connectivity index (χ3n) is 1.70. The van der Waals surface area contributed by atoms with Crippen LogP contribution in [0.4, 0.5) is 5.13 Å². The first-order valence-corrected chi connectivity index (χ1v) is 4.99. The van der Waals surface area contributed by atoms with Gasteiger partial charge < -0.3 is 10.5 Å². The number of nitrogens with two attached hydrogens (primary N) is 1. The maximum Gasteiger partial charge on any atom is 0.202 e. The molecule has 0 unspecified atom stereocenters. The zero-order valence-electron chi connectivity index (χ0n) is 7.68. The number of hydrogen-bond acceptors (Lipinski definition) is 5. The van der Waals surface area contributed by atoms with E-state index in [9.17, 15) is 0 Å². The number of rotatable bonds is 2. The van der Waals surface area contributed by atoms with Crippen LogP contribution in [-0.2, 0) is 0 Å². The Bertz CT molecular complexity index is 498. The quantitative estimate of drug-likeness (QED) is 0.838. The van der Waals surface area contributed by atoms with E-state index in [-0.39, 0.29) is 0 Å². The molecule has 15 heavy (non-hydrogen) atoms. The summed E-state index contributed by atoms with van der Waals surface area (Å²) < 4.78 is 5.47. The van der Waals surface area contributed by atoms with E-state index >= 15 is 0 Å². The highest BCUT2D eigenvalue weighted by atomic mass is 32.1. The fraction of sp³-hybridized carbons (Fsp3) is 0. The average molecular weight is 217 g/mol. The summed E-state index contributed by atoms with van der Waals surface area (Å²) >= 11 is 1.27. The molecule has 5 heteroatoms. The number of anilines is 1. The predicted molar refractivity (Wildman–Crippen MR) is 57.8 cm³/mol. The molecule has 0 amide bonds. The maximum absolute atomic E-state index is 8.61. The summed E-state index contributed by atoms with van der Waals surface area (Å²) in [5, 5.41) is 9.71. The predicted octanol–water partition coefficient (Wildman–Crippen LogP) is 2.39. The van der Waals surface area contributed by atoms with Crippen molar-refractivity contribution in [3.63, 3.8) is 0 Å². The van der Waals surface area contributed by atoms with Crippen LogP contribution in [0.2, 0.25) is 0 Å². The van der Waals surface area contributed by atoms with Gasteiger partial charge in [0.05, 0.1) is 17.8 Å². The van der Waals surface area contributed by atoms with Gasteiger partial charge in [0.1, 0.15) is 5.75 Å². The van der Waals surface area contributed by atoms with Crippen molar-refractivity contribution >= 4 is 16.5 Å². The Morgan fingerprint density at radius 3 is 2.60 bits per heavy atom. The summed E-state index contributed by atoms with van der Waals surface area (Å²) in [6.07, 6.45) is 1.57. The molecule has 1 aromatic carbocycles. The van der Waals surface area contributed by atoms with Crippen molar-refractivity contribution in [3.8, 4) is 16.9 Å². The first kappa shape index (κ1) is 9.49. The standard InChI is InChI=1S/C10H7N3OS/c11-5-7-1-3-8(4-2-7)14-9-6-13-10(12)15-9/h1-4,6H,(H2,12,13). The van der Waals surface area contributed by atoms with Gasteiger partial charge in [0.15, 0.2) is 5.13 Å². The minimum absolute atomic E-state index is 0.471. The van der Waals surface area contributed by atoms with Crippen molar-refractivity contribution in [2.75, 3.05) is 5.73 Å². The van der Waals surface area contributed by atoms with Crippen LogP contribution in [0, 0.1) is 11.3 Å². The second-order valence-electron chi connectivity index (χ2n) is 2.76. The number of thiazole rings is 1. The fourth-order valence-corrected chi connectivity index (χ4v) is 1.59. The van der Waals surface area contributed by atoms with Gasteiger partial charge in [-0.25, -0.2) is 4.98 Å². The van der Waals surface area contributed by atoms with Crippen molar-refractivity contribution < 1.29 is 4.74 Å². The summed E-state index contributed by atoms with van der Waals surface area (Å²) in [4.78, 5) is 3.87. The molecule has 2 N–H and O–H groups in total. The Morgan fingerprint density at radius 2 is 2.07 bits per heavy atom. The lowest BCUT2D eigenvalue weighted by Gasteiger charge is -2.00. The molecule has 74 valence electrons. The van der Waals surface area contributed by atoms with Gasteiger partial charge in [0.25, 0.3) is 0 Å². The molecular formula is C10H7N3OS. The summed E-state index contributed by atoms with van der Waals surface area (Å²) in [6.45, 7) is 0. The molecule has 0 aliphatic heterocycles. The smallest absolute Gasteiger partial charge is 0.202 e. The van der Waals surface area contributed by atoms with Crippen LogP contribution >= 0.6 is 11.3 Å². The van der Waals surface area contributed by atoms with Crippen LogP contribution in [0.5, 0.6) is 10.8 Å². The van der Waals surface area contributed by atoms with Crippen LogP contribution in [0.25, 0.3) is 0 Å². The molecule has 0 saturated heterocycles. The van der Waals surface area contributed by atoms with Gasteiger partial charge in [0, 0.05) is 0 Å². The molecular weight excluding hydrogens is 210 g/mol. The van der Waals surface area contributed by atoms with E-state index in [4.69, 9.17) is 15.7 Å². The number of hydrogen-bond donors (Lipinski definition) is 1. The van der Waals surface area contributed by atoms with Gasteiger partial charge in [-0.2, -0.15) is 5.26 Å². The molecule has 2 rings (SSSR count). The first-order chi connectivity index (χ1) is 7.28. The lowest BCUT2D eigenvalue weighted by molar-refractivity contribution is 0.495. The van der Waals surface area contributed by atoms with Gasteiger partial charge in [0.2, 0.25) is 5.06 Å². The van der Waals surface area contributed by atoms with E-state index in [1.54, 1.807) is 30.5 Å². The topological polar surface area (TPSA) is 71.9 Å². The van der Waals surface area contributed by atoms with Gasteiger partial charge in [-0.3, -0.25) is 0 Å². The van der Waals surface area contributed by atoms with Crippen molar-refractivity contribution in [1.29, 1.82) is 5.26 Å². The van der Waals surface area contributed by atoms with Crippen molar-refractivity contribution in [2.45, 2.75) is 0 Å². The van der Waals surface area contributed by atoms with E-state index in [0.717, 1.165) is 0 Å². The van der Waals surface area contributed by atoms with Crippen molar-refractivity contribution in [3.05, 3.63) is 36.0 Å². The summed E-state index contributed by atoms with van der Waals surface area (Å²) in [5.41, 5.74) is 6.07. The molecule has 0 fully saturated rings. The highest BCUT2D eigenvalue weighted by Gasteiger charge is 2.01. The molecule has 2 aromatic rings. The Balaban J connectivity index is 2.15. The van der Waals surface area contributed by atoms with Crippen LogP contribution < -0.4 is 10.5 Å². The Hall–Kier alpha value is -2.06. The molecule has 0 atom stereocenters. The summed E-state index contributed by atoms with van der Waals surface area (Å²) in [5.74, 6) is 0.664. The van der Waals surface area contributed by atoms with Gasteiger partial charge in [-0.15, -0.1) is 0 Å². The number of nitrogen functional groups attached to an aromatic ring is 1. The highest BCUT2D eigenvalue weighted by molar-refractivity contribution is 7.17. The van der Waals surface area contributed by atoms with Crippen LogP contribution in [0.3, 0.4) is 0 Å².